The van der Waals surface area contributed by atoms with Gasteiger partial charge in [-0.2, -0.15) is 0 Å². The molecule has 0 saturated heterocycles. The topological polar surface area (TPSA) is 22.1 Å². The summed E-state index contributed by atoms with van der Waals surface area (Å²) in [5, 5.41) is 1.09. The quantitative estimate of drug-likeness (QED) is 0.684. The lowest BCUT2D eigenvalue weighted by atomic mass is 9.95. The van der Waals surface area contributed by atoms with E-state index in [-0.39, 0.29) is 0 Å². The number of methoxy groups -OCH3 is 1. The maximum absolute atomic E-state index is 5.37. The fourth-order valence-electron chi connectivity index (χ4n) is 2.25. The molecule has 0 N–H and O–H groups in total. The number of ether oxygens (including phenoxy) is 1. The molecule has 1 heterocycles. The summed E-state index contributed by atoms with van der Waals surface area (Å²) >= 11 is 0. The van der Waals surface area contributed by atoms with Crippen molar-refractivity contribution in [3.8, 4) is 5.75 Å². The largest absolute Gasteiger partial charge is 0.494 e. The van der Waals surface area contributed by atoms with E-state index in [2.05, 4.69) is 49.2 Å². The van der Waals surface area contributed by atoms with E-state index < -0.39 is 0 Å². The summed E-state index contributed by atoms with van der Waals surface area (Å²) in [6, 6.07) is 18.5. The van der Waals surface area contributed by atoms with Crippen molar-refractivity contribution >= 4 is 36.4 Å². The summed E-state index contributed by atoms with van der Waals surface area (Å²) < 4.78 is 5.37. The van der Waals surface area contributed by atoms with Crippen LogP contribution in [-0.4, -0.2) is 19.9 Å². The minimum Gasteiger partial charge on any atom is -0.494 e. The van der Waals surface area contributed by atoms with E-state index in [1.165, 1.54) is 11.0 Å². The Kier molecular flexibility index (Phi) is 3.74. The highest BCUT2D eigenvalue weighted by Gasteiger charge is 2.02. The molecule has 21 heavy (non-hydrogen) atoms. The average molecular weight is 273 g/mol. The molecule has 3 heteroatoms. The van der Waals surface area contributed by atoms with Crippen molar-refractivity contribution in [2.45, 2.75) is 0 Å². The van der Waals surface area contributed by atoms with Gasteiger partial charge in [0.25, 0.3) is 0 Å². The van der Waals surface area contributed by atoms with E-state index in [1.807, 2.05) is 30.3 Å². The number of nitrogens with zero attached hydrogens (tertiary/aromatic N) is 1. The Balaban J connectivity index is 1.95. The number of benzene rings is 2. The third-order valence-electron chi connectivity index (χ3n) is 3.45. The summed E-state index contributed by atoms with van der Waals surface area (Å²) in [5.74, 6) is 0.804. The average Bonchev–Trinajstić information content (AvgIpc) is 2.53. The fraction of sp³-hybridized carbons (Fsp3) is 0.0556. The molecule has 0 saturated carbocycles. The molecule has 3 rings (SSSR count). The number of pyridine rings is 1. The monoisotopic (exact) mass is 273 g/mol. The van der Waals surface area contributed by atoms with Gasteiger partial charge in [0.2, 0.25) is 0 Å². The van der Waals surface area contributed by atoms with Crippen molar-refractivity contribution in [2.75, 3.05) is 7.11 Å². The first-order valence-corrected chi connectivity index (χ1v) is 6.95. The SMILES string of the molecule is Bc1ccc(/C=C/c2ccc3cccc(OC)c3n2)cc1. The van der Waals surface area contributed by atoms with Gasteiger partial charge < -0.3 is 4.74 Å². The van der Waals surface area contributed by atoms with Crippen molar-refractivity contribution in [2.24, 2.45) is 0 Å². The van der Waals surface area contributed by atoms with Gasteiger partial charge in [0.15, 0.2) is 0 Å². The highest BCUT2D eigenvalue weighted by molar-refractivity contribution is 6.32. The van der Waals surface area contributed by atoms with Crippen LogP contribution in [0.4, 0.5) is 0 Å². The Labute approximate surface area is 125 Å². The standard InChI is InChI=1S/C18H16BNO/c1-21-17-4-2-3-14-8-12-16(20-18(14)17)11-7-13-5-9-15(19)10-6-13/h2-12H,19H2,1H3/b11-7+. The van der Waals surface area contributed by atoms with E-state index in [4.69, 9.17) is 4.74 Å². The first-order valence-electron chi connectivity index (χ1n) is 6.95. The Morgan fingerprint density at radius 1 is 0.952 bits per heavy atom. The molecule has 0 aliphatic rings. The highest BCUT2D eigenvalue weighted by Crippen LogP contribution is 2.23. The van der Waals surface area contributed by atoms with Crippen LogP contribution in [0.3, 0.4) is 0 Å². The Bertz CT molecular complexity index is 794. The van der Waals surface area contributed by atoms with Crippen LogP contribution >= 0.6 is 0 Å². The molecule has 0 fully saturated rings. The van der Waals surface area contributed by atoms with Gasteiger partial charge in [-0.15, -0.1) is 0 Å². The number of rotatable bonds is 3. The van der Waals surface area contributed by atoms with Crippen LogP contribution in [0, 0.1) is 0 Å². The van der Waals surface area contributed by atoms with Gasteiger partial charge in [-0.1, -0.05) is 54.0 Å². The van der Waals surface area contributed by atoms with Gasteiger partial charge >= 0.3 is 0 Å². The zero-order valence-corrected chi connectivity index (χ0v) is 12.2. The van der Waals surface area contributed by atoms with Crippen LogP contribution in [0.25, 0.3) is 23.1 Å². The van der Waals surface area contributed by atoms with Crippen molar-refractivity contribution in [3.63, 3.8) is 0 Å². The lowest BCUT2D eigenvalue weighted by molar-refractivity contribution is 0.419. The van der Waals surface area contributed by atoms with Gasteiger partial charge in [-0.3, -0.25) is 0 Å². The molecular weight excluding hydrogens is 257 g/mol. The zero-order valence-electron chi connectivity index (χ0n) is 12.2. The number of hydrogen-bond acceptors (Lipinski definition) is 2. The number of aromatic nitrogens is 1. The molecule has 0 aliphatic carbocycles. The van der Waals surface area contributed by atoms with E-state index >= 15 is 0 Å². The van der Waals surface area contributed by atoms with E-state index in [0.717, 1.165) is 22.3 Å². The molecule has 2 aromatic carbocycles. The summed E-state index contributed by atoms with van der Waals surface area (Å²) in [7, 11) is 3.76. The lowest BCUT2D eigenvalue weighted by Crippen LogP contribution is -1.98. The Morgan fingerprint density at radius 3 is 2.52 bits per heavy atom. The molecular formula is C18H16BNO. The summed E-state index contributed by atoms with van der Waals surface area (Å²) in [6.07, 6.45) is 4.10. The van der Waals surface area contributed by atoms with Crippen molar-refractivity contribution in [3.05, 3.63) is 65.9 Å². The first kappa shape index (κ1) is 13.4. The third-order valence-corrected chi connectivity index (χ3v) is 3.45. The van der Waals surface area contributed by atoms with Crippen molar-refractivity contribution in [1.82, 2.24) is 4.98 Å². The molecule has 1 aromatic heterocycles. The van der Waals surface area contributed by atoms with Gasteiger partial charge in [-0.05, 0) is 23.8 Å². The molecule has 2 nitrogen and oxygen atoms in total. The van der Waals surface area contributed by atoms with Crippen molar-refractivity contribution in [1.29, 1.82) is 0 Å². The predicted octanol–water partition coefficient (Wildman–Crippen LogP) is 2.67. The number of para-hydroxylation sites is 1. The minimum atomic E-state index is 0.804. The fourth-order valence-corrected chi connectivity index (χ4v) is 2.25. The Morgan fingerprint density at radius 2 is 1.76 bits per heavy atom. The first-order chi connectivity index (χ1) is 10.3. The molecule has 0 bridgehead atoms. The highest BCUT2D eigenvalue weighted by atomic mass is 16.5. The molecule has 0 atom stereocenters. The second-order valence-corrected chi connectivity index (χ2v) is 5.01. The summed E-state index contributed by atoms with van der Waals surface area (Å²) in [5.41, 5.74) is 4.25. The maximum Gasteiger partial charge on any atom is 0.145 e. The molecule has 102 valence electrons. The van der Waals surface area contributed by atoms with E-state index in [9.17, 15) is 0 Å². The minimum absolute atomic E-state index is 0.804. The van der Waals surface area contributed by atoms with Gasteiger partial charge in [0.05, 0.1) is 12.8 Å². The zero-order chi connectivity index (χ0) is 14.7. The summed E-state index contributed by atoms with van der Waals surface area (Å²) in [4.78, 5) is 4.67. The predicted molar refractivity (Wildman–Crippen MR) is 91.8 cm³/mol. The van der Waals surface area contributed by atoms with E-state index in [1.54, 1.807) is 7.11 Å². The van der Waals surface area contributed by atoms with Crippen molar-refractivity contribution < 1.29 is 4.74 Å². The maximum atomic E-state index is 5.37. The van der Waals surface area contributed by atoms with Crippen LogP contribution < -0.4 is 10.2 Å². The molecule has 0 amide bonds. The van der Waals surface area contributed by atoms with Crippen LogP contribution in [0.1, 0.15) is 11.3 Å². The molecule has 0 unspecified atom stereocenters. The Hall–Kier alpha value is -2.55. The third kappa shape index (κ3) is 2.97. The van der Waals surface area contributed by atoms with Gasteiger partial charge in [-0.25, -0.2) is 4.98 Å². The van der Waals surface area contributed by atoms with Gasteiger partial charge in [0.1, 0.15) is 19.1 Å². The normalized spacial score (nSPS) is 11.1. The van der Waals surface area contributed by atoms with Crippen LogP contribution in [0.2, 0.25) is 0 Å². The summed E-state index contributed by atoms with van der Waals surface area (Å²) in [6.45, 7) is 0. The molecule has 0 aliphatic heterocycles. The molecule has 3 aromatic rings. The number of fused-ring (bicyclic) bond motifs is 1. The van der Waals surface area contributed by atoms with Crippen LogP contribution in [0.5, 0.6) is 5.75 Å². The van der Waals surface area contributed by atoms with Crippen LogP contribution in [-0.2, 0) is 0 Å². The molecule has 0 spiro atoms. The van der Waals surface area contributed by atoms with Gasteiger partial charge in [0, 0.05) is 5.39 Å². The second kappa shape index (κ2) is 5.84. The van der Waals surface area contributed by atoms with Crippen LogP contribution in [0.15, 0.2) is 54.6 Å². The second-order valence-electron chi connectivity index (χ2n) is 5.01. The lowest BCUT2D eigenvalue weighted by Gasteiger charge is -2.05. The smallest absolute Gasteiger partial charge is 0.145 e. The number of hydrogen-bond donors (Lipinski definition) is 0. The molecule has 0 radical (unpaired) electrons. The van der Waals surface area contributed by atoms with E-state index in [0.29, 0.717) is 0 Å².